The fourth-order valence-electron chi connectivity index (χ4n) is 2.59. The molecular weight excluding hydrogens is 212 g/mol. The molecule has 0 aromatic carbocycles. The van der Waals surface area contributed by atoms with Gasteiger partial charge in [-0.15, -0.1) is 0 Å². The molecule has 0 spiro atoms. The molecule has 1 saturated heterocycles. The van der Waals surface area contributed by atoms with Crippen LogP contribution in [0.5, 0.6) is 0 Å². The van der Waals surface area contributed by atoms with Crippen molar-refractivity contribution >= 4 is 0 Å². The molecule has 1 atom stereocenters. The monoisotopic (exact) mass is 236 g/mol. The van der Waals surface area contributed by atoms with Crippen molar-refractivity contribution in [3.05, 3.63) is 18.0 Å². The Hall–Kier alpha value is -0.870. The molecule has 1 aromatic rings. The largest absolute Gasteiger partial charge is 0.315 e. The maximum absolute atomic E-state index is 4.25. The van der Waals surface area contributed by atoms with Crippen LogP contribution >= 0.6 is 0 Å². The third-order valence-electron chi connectivity index (χ3n) is 3.59. The normalized spacial score (nSPS) is 21.0. The van der Waals surface area contributed by atoms with Crippen LogP contribution in [0.1, 0.15) is 31.9 Å². The van der Waals surface area contributed by atoms with Crippen molar-refractivity contribution in [2.24, 2.45) is 7.05 Å². The molecule has 96 valence electrons. The van der Waals surface area contributed by atoms with Crippen LogP contribution < -0.4 is 5.32 Å². The summed E-state index contributed by atoms with van der Waals surface area (Å²) in [4.78, 5) is 2.60. The van der Waals surface area contributed by atoms with Crippen LogP contribution in [0.25, 0.3) is 0 Å². The summed E-state index contributed by atoms with van der Waals surface area (Å²) in [6.07, 6.45) is 5.73. The van der Waals surface area contributed by atoms with Crippen molar-refractivity contribution in [3.63, 3.8) is 0 Å². The Morgan fingerprint density at radius 3 is 3.06 bits per heavy atom. The average Bonchev–Trinajstić information content (AvgIpc) is 2.76. The van der Waals surface area contributed by atoms with Crippen LogP contribution in [0.15, 0.2) is 12.3 Å². The van der Waals surface area contributed by atoms with E-state index in [1.165, 1.54) is 38.0 Å². The third kappa shape index (κ3) is 3.30. The van der Waals surface area contributed by atoms with E-state index in [1.54, 1.807) is 0 Å². The Kier molecular flexibility index (Phi) is 4.57. The molecule has 1 aliphatic rings. The van der Waals surface area contributed by atoms with Gasteiger partial charge in [0.05, 0.1) is 5.69 Å². The van der Waals surface area contributed by atoms with Gasteiger partial charge in [-0.05, 0) is 38.4 Å². The summed E-state index contributed by atoms with van der Waals surface area (Å²) in [5.74, 6) is 0. The van der Waals surface area contributed by atoms with Gasteiger partial charge >= 0.3 is 0 Å². The zero-order valence-electron chi connectivity index (χ0n) is 11.0. The van der Waals surface area contributed by atoms with Gasteiger partial charge in [0, 0.05) is 32.4 Å². The summed E-state index contributed by atoms with van der Waals surface area (Å²) in [7, 11) is 2.03. The first-order chi connectivity index (χ1) is 8.31. The summed E-state index contributed by atoms with van der Waals surface area (Å²) < 4.78 is 1.99. The molecule has 0 aliphatic carbocycles. The second kappa shape index (κ2) is 6.17. The molecule has 1 fully saturated rings. The summed E-state index contributed by atoms with van der Waals surface area (Å²) >= 11 is 0. The van der Waals surface area contributed by atoms with Crippen LogP contribution in [0, 0.1) is 0 Å². The number of aryl methyl sites for hydroxylation is 1. The van der Waals surface area contributed by atoms with E-state index >= 15 is 0 Å². The predicted octanol–water partition coefficient (Wildman–Crippen LogP) is 1.38. The zero-order valence-corrected chi connectivity index (χ0v) is 11.0. The quantitative estimate of drug-likeness (QED) is 0.838. The SMILES string of the molecule is CCCN(Cc1ccnn1C)C1CCCNC1. The minimum atomic E-state index is 0.693. The highest BCUT2D eigenvalue weighted by Crippen LogP contribution is 2.14. The maximum Gasteiger partial charge on any atom is 0.0521 e. The summed E-state index contributed by atoms with van der Waals surface area (Å²) in [6.45, 7) is 6.78. The Bertz CT molecular complexity index is 328. The van der Waals surface area contributed by atoms with Gasteiger partial charge in [-0.2, -0.15) is 5.10 Å². The van der Waals surface area contributed by atoms with Gasteiger partial charge in [0.25, 0.3) is 0 Å². The van der Waals surface area contributed by atoms with Crippen LogP contribution in [0.2, 0.25) is 0 Å². The fourth-order valence-corrected chi connectivity index (χ4v) is 2.59. The number of piperidine rings is 1. The minimum absolute atomic E-state index is 0.693. The van der Waals surface area contributed by atoms with Gasteiger partial charge in [-0.25, -0.2) is 0 Å². The van der Waals surface area contributed by atoms with Crippen LogP contribution in [-0.2, 0) is 13.6 Å². The molecule has 1 unspecified atom stereocenters. The standard InChI is InChI=1S/C13H24N4/c1-3-9-17(12-5-4-7-14-10-12)11-13-6-8-15-16(13)2/h6,8,12,14H,3-5,7,9-11H2,1-2H3. The molecule has 0 radical (unpaired) electrons. The molecule has 0 saturated carbocycles. The molecule has 2 rings (SSSR count). The van der Waals surface area contributed by atoms with Crippen molar-refractivity contribution in [2.45, 2.75) is 38.8 Å². The van der Waals surface area contributed by atoms with Gasteiger partial charge in [-0.3, -0.25) is 9.58 Å². The molecular formula is C13H24N4. The maximum atomic E-state index is 4.25. The lowest BCUT2D eigenvalue weighted by Crippen LogP contribution is -2.46. The summed E-state index contributed by atoms with van der Waals surface area (Å²) in [6, 6.07) is 2.82. The van der Waals surface area contributed by atoms with Gasteiger partial charge in [0.2, 0.25) is 0 Å². The number of nitrogens with zero attached hydrogens (tertiary/aromatic N) is 3. The number of rotatable bonds is 5. The van der Waals surface area contributed by atoms with Crippen molar-refractivity contribution in [2.75, 3.05) is 19.6 Å². The molecule has 2 heterocycles. The highest BCUT2D eigenvalue weighted by molar-refractivity contribution is 5.00. The average molecular weight is 236 g/mol. The van der Waals surface area contributed by atoms with Gasteiger partial charge in [0.1, 0.15) is 0 Å². The first kappa shape index (κ1) is 12.6. The van der Waals surface area contributed by atoms with Crippen molar-refractivity contribution in [1.29, 1.82) is 0 Å². The van der Waals surface area contributed by atoms with Gasteiger partial charge < -0.3 is 5.32 Å². The first-order valence-electron chi connectivity index (χ1n) is 6.73. The fraction of sp³-hybridized carbons (Fsp3) is 0.769. The smallest absolute Gasteiger partial charge is 0.0521 e. The molecule has 17 heavy (non-hydrogen) atoms. The topological polar surface area (TPSA) is 33.1 Å². The van der Waals surface area contributed by atoms with Crippen LogP contribution in [0.3, 0.4) is 0 Å². The van der Waals surface area contributed by atoms with E-state index in [4.69, 9.17) is 0 Å². The third-order valence-corrected chi connectivity index (χ3v) is 3.59. The molecule has 1 N–H and O–H groups in total. The Morgan fingerprint density at radius 1 is 1.59 bits per heavy atom. The second-order valence-corrected chi connectivity index (χ2v) is 4.92. The van der Waals surface area contributed by atoms with Crippen molar-refractivity contribution in [3.8, 4) is 0 Å². The van der Waals surface area contributed by atoms with E-state index in [9.17, 15) is 0 Å². The Morgan fingerprint density at radius 2 is 2.47 bits per heavy atom. The predicted molar refractivity (Wildman–Crippen MR) is 69.8 cm³/mol. The molecule has 4 heteroatoms. The molecule has 0 amide bonds. The lowest BCUT2D eigenvalue weighted by molar-refractivity contribution is 0.154. The number of aromatic nitrogens is 2. The van der Waals surface area contributed by atoms with Gasteiger partial charge in [-0.1, -0.05) is 6.92 Å². The molecule has 1 aliphatic heterocycles. The van der Waals surface area contributed by atoms with Crippen molar-refractivity contribution < 1.29 is 0 Å². The van der Waals surface area contributed by atoms with Crippen LogP contribution in [-0.4, -0.2) is 40.4 Å². The lowest BCUT2D eigenvalue weighted by atomic mass is 10.1. The van der Waals surface area contributed by atoms with E-state index in [-0.39, 0.29) is 0 Å². The van der Waals surface area contributed by atoms with Crippen molar-refractivity contribution in [1.82, 2.24) is 20.0 Å². The number of nitrogens with one attached hydrogen (secondary N) is 1. The first-order valence-corrected chi connectivity index (χ1v) is 6.73. The zero-order chi connectivity index (χ0) is 12.1. The molecule has 0 bridgehead atoms. The van der Waals surface area contributed by atoms with E-state index in [0.29, 0.717) is 6.04 Å². The van der Waals surface area contributed by atoms with E-state index < -0.39 is 0 Å². The molecule has 4 nitrogen and oxygen atoms in total. The second-order valence-electron chi connectivity index (χ2n) is 4.92. The highest BCUT2D eigenvalue weighted by Gasteiger charge is 2.20. The highest BCUT2D eigenvalue weighted by atomic mass is 15.3. The van der Waals surface area contributed by atoms with E-state index in [1.807, 2.05) is 17.9 Å². The molecule has 1 aromatic heterocycles. The number of hydrogen-bond donors (Lipinski definition) is 1. The van der Waals surface area contributed by atoms with Crippen LogP contribution in [0.4, 0.5) is 0 Å². The minimum Gasteiger partial charge on any atom is -0.315 e. The van der Waals surface area contributed by atoms with E-state index in [2.05, 4.69) is 28.3 Å². The number of hydrogen-bond acceptors (Lipinski definition) is 3. The van der Waals surface area contributed by atoms with E-state index in [0.717, 1.165) is 13.1 Å². The van der Waals surface area contributed by atoms with Gasteiger partial charge in [0.15, 0.2) is 0 Å². The Labute approximate surface area is 104 Å². The summed E-state index contributed by atoms with van der Waals surface area (Å²) in [5.41, 5.74) is 1.31. The lowest BCUT2D eigenvalue weighted by Gasteiger charge is -2.34. The summed E-state index contributed by atoms with van der Waals surface area (Å²) in [5, 5.41) is 7.75. The Balaban J connectivity index is 1.98.